The first kappa shape index (κ1) is 20.4. The first-order chi connectivity index (χ1) is 16.2. The summed E-state index contributed by atoms with van der Waals surface area (Å²) in [5, 5.41) is 7.11. The maximum atomic E-state index is 13.1. The number of nitrogens with one attached hydrogen (secondary N) is 1. The van der Waals surface area contributed by atoms with Crippen molar-refractivity contribution in [3.05, 3.63) is 102 Å². The van der Waals surface area contributed by atoms with E-state index >= 15 is 0 Å². The lowest BCUT2D eigenvalue weighted by atomic mass is 10.1. The van der Waals surface area contributed by atoms with Crippen LogP contribution in [0.2, 0.25) is 0 Å². The van der Waals surface area contributed by atoms with E-state index in [9.17, 15) is 9.59 Å². The topological polar surface area (TPSA) is 89.4 Å². The summed E-state index contributed by atoms with van der Waals surface area (Å²) in [5.74, 6) is 0.520. The summed E-state index contributed by atoms with van der Waals surface area (Å²) < 4.78 is 7.40. The molecule has 0 saturated heterocycles. The number of amides is 2. The molecular formula is C25H21N5O3. The minimum absolute atomic E-state index is 0.0493. The number of carbonyl (C=O) groups excluding carboxylic acids is 2. The number of rotatable bonds is 4. The zero-order valence-electron chi connectivity index (χ0n) is 17.7. The Labute approximate surface area is 190 Å². The Kier molecular flexibility index (Phi) is 5.55. The van der Waals surface area contributed by atoms with Crippen LogP contribution in [0.5, 0.6) is 5.75 Å². The van der Waals surface area contributed by atoms with E-state index in [2.05, 4.69) is 15.4 Å². The molecule has 3 heterocycles. The van der Waals surface area contributed by atoms with Gasteiger partial charge in [-0.25, -0.2) is 4.68 Å². The minimum Gasteiger partial charge on any atom is -0.491 e. The van der Waals surface area contributed by atoms with Gasteiger partial charge in [-0.2, -0.15) is 5.10 Å². The fourth-order valence-electron chi connectivity index (χ4n) is 3.67. The van der Waals surface area contributed by atoms with Crippen LogP contribution >= 0.6 is 0 Å². The Morgan fingerprint density at radius 3 is 2.61 bits per heavy atom. The van der Waals surface area contributed by atoms with Crippen molar-refractivity contribution in [3.8, 4) is 11.4 Å². The Balaban J connectivity index is 1.27. The Bertz CT molecular complexity index is 1280. The van der Waals surface area contributed by atoms with Crippen LogP contribution in [0.1, 0.15) is 26.3 Å². The number of nitrogens with zero attached hydrogens (tertiary/aromatic N) is 4. The monoisotopic (exact) mass is 439 g/mol. The van der Waals surface area contributed by atoms with Crippen LogP contribution in [0.3, 0.4) is 0 Å². The molecule has 0 bridgehead atoms. The van der Waals surface area contributed by atoms with Gasteiger partial charge in [0.15, 0.2) is 0 Å². The van der Waals surface area contributed by atoms with Crippen molar-refractivity contribution < 1.29 is 14.3 Å². The maximum absolute atomic E-state index is 13.1. The molecule has 4 aromatic rings. The molecule has 0 unspecified atom stereocenters. The zero-order chi connectivity index (χ0) is 22.6. The average Bonchev–Trinajstić information content (AvgIpc) is 3.21. The lowest BCUT2D eigenvalue weighted by molar-refractivity contribution is 0.0733. The van der Waals surface area contributed by atoms with E-state index in [1.165, 1.54) is 6.20 Å². The molecular weight excluding hydrogens is 418 g/mol. The highest BCUT2D eigenvalue weighted by molar-refractivity contribution is 6.03. The lowest BCUT2D eigenvalue weighted by Gasteiger charge is -2.20. The minimum atomic E-state index is -0.258. The number of benzene rings is 2. The second kappa shape index (κ2) is 8.96. The SMILES string of the molecule is O=C(Nc1cnn(-c2ccc(C(=O)N3CCOc4ccccc4C3)cc2)c1)c1cccnc1. The fourth-order valence-corrected chi connectivity index (χ4v) is 3.67. The van der Waals surface area contributed by atoms with Gasteiger partial charge in [-0.15, -0.1) is 0 Å². The molecule has 1 aliphatic rings. The van der Waals surface area contributed by atoms with Crippen LogP contribution in [0.25, 0.3) is 5.69 Å². The highest BCUT2D eigenvalue weighted by Crippen LogP contribution is 2.23. The predicted molar refractivity (Wildman–Crippen MR) is 122 cm³/mol. The van der Waals surface area contributed by atoms with Crippen molar-refractivity contribution >= 4 is 17.5 Å². The number of para-hydroxylation sites is 1. The molecule has 2 amide bonds. The first-order valence-corrected chi connectivity index (χ1v) is 10.5. The molecule has 0 radical (unpaired) electrons. The number of anilines is 1. The van der Waals surface area contributed by atoms with E-state index in [4.69, 9.17) is 4.74 Å². The van der Waals surface area contributed by atoms with E-state index in [0.29, 0.717) is 36.5 Å². The second-order valence-corrected chi connectivity index (χ2v) is 7.60. The van der Waals surface area contributed by atoms with Gasteiger partial charge in [-0.1, -0.05) is 18.2 Å². The molecule has 5 rings (SSSR count). The third-order valence-corrected chi connectivity index (χ3v) is 5.38. The van der Waals surface area contributed by atoms with E-state index in [0.717, 1.165) is 17.0 Å². The van der Waals surface area contributed by atoms with Crippen molar-refractivity contribution in [1.82, 2.24) is 19.7 Å². The standard InChI is InChI=1S/C25H21N5O3/c31-24(19-5-3-11-26-14-19)28-21-15-27-30(17-21)22-9-7-18(8-10-22)25(32)29-12-13-33-23-6-2-1-4-20(23)16-29/h1-11,14-15,17H,12-13,16H2,(H,28,31). The summed E-state index contributed by atoms with van der Waals surface area (Å²) in [4.78, 5) is 31.1. The van der Waals surface area contributed by atoms with Gasteiger partial charge >= 0.3 is 0 Å². The number of hydrogen-bond acceptors (Lipinski definition) is 5. The van der Waals surface area contributed by atoms with Gasteiger partial charge in [0.25, 0.3) is 11.8 Å². The number of ether oxygens (including phenoxy) is 1. The summed E-state index contributed by atoms with van der Waals surface area (Å²) in [6.45, 7) is 1.49. The zero-order valence-corrected chi connectivity index (χ0v) is 17.7. The van der Waals surface area contributed by atoms with Crippen molar-refractivity contribution in [3.63, 3.8) is 0 Å². The Morgan fingerprint density at radius 2 is 1.79 bits per heavy atom. The van der Waals surface area contributed by atoms with Crippen molar-refractivity contribution in [2.45, 2.75) is 6.54 Å². The molecule has 0 atom stereocenters. The van der Waals surface area contributed by atoms with Crippen molar-refractivity contribution in [2.75, 3.05) is 18.5 Å². The molecule has 0 aliphatic carbocycles. The lowest BCUT2D eigenvalue weighted by Crippen LogP contribution is -2.32. The number of carbonyl (C=O) groups is 2. The summed E-state index contributed by atoms with van der Waals surface area (Å²) >= 11 is 0. The number of aromatic nitrogens is 3. The number of fused-ring (bicyclic) bond motifs is 1. The molecule has 1 aliphatic heterocycles. The van der Waals surface area contributed by atoms with Crippen molar-refractivity contribution in [2.24, 2.45) is 0 Å². The third kappa shape index (κ3) is 4.45. The average molecular weight is 439 g/mol. The quantitative estimate of drug-likeness (QED) is 0.525. The van der Waals surface area contributed by atoms with Gasteiger partial charge in [0.1, 0.15) is 12.4 Å². The van der Waals surface area contributed by atoms with Gasteiger partial charge in [0.05, 0.1) is 35.9 Å². The van der Waals surface area contributed by atoms with E-state index < -0.39 is 0 Å². The largest absolute Gasteiger partial charge is 0.491 e. The van der Waals surface area contributed by atoms with Crippen molar-refractivity contribution in [1.29, 1.82) is 0 Å². The molecule has 8 heteroatoms. The van der Waals surface area contributed by atoms with E-state index in [1.807, 2.05) is 36.4 Å². The van der Waals surface area contributed by atoms with Crippen LogP contribution in [-0.4, -0.2) is 44.6 Å². The summed E-state index contributed by atoms with van der Waals surface area (Å²) in [7, 11) is 0. The van der Waals surface area contributed by atoms with Gasteiger partial charge in [-0.05, 0) is 42.5 Å². The molecule has 164 valence electrons. The van der Waals surface area contributed by atoms with Gasteiger partial charge in [-0.3, -0.25) is 14.6 Å². The number of pyridine rings is 1. The third-order valence-electron chi connectivity index (χ3n) is 5.38. The normalized spacial score (nSPS) is 12.9. The predicted octanol–water partition coefficient (Wildman–Crippen LogP) is 3.55. The smallest absolute Gasteiger partial charge is 0.257 e. The second-order valence-electron chi connectivity index (χ2n) is 7.60. The summed E-state index contributed by atoms with van der Waals surface area (Å²) in [6.07, 6.45) is 6.41. The summed E-state index contributed by atoms with van der Waals surface area (Å²) in [6, 6.07) is 18.4. The highest BCUT2D eigenvalue weighted by Gasteiger charge is 2.21. The van der Waals surface area contributed by atoms with Crippen LogP contribution in [0.15, 0.2) is 85.5 Å². The number of hydrogen-bond donors (Lipinski definition) is 1. The van der Waals surface area contributed by atoms with E-state index in [1.54, 1.807) is 52.4 Å². The fraction of sp³-hybridized carbons (Fsp3) is 0.120. The molecule has 1 N–H and O–H groups in total. The van der Waals surface area contributed by atoms with Crippen LogP contribution in [0.4, 0.5) is 5.69 Å². The van der Waals surface area contributed by atoms with Gasteiger partial charge in [0, 0.05) is 30.1 Å². The molecule has 0 saturated carbocycles. The molecule has 0 spiro atoms. The van der Waals surface area contributed by atoms with Crippen LogP contribution < -0.4 is 10.1 Å². The maximum Gasteiger partial charge on any atom is 0.257 e. The van der Waals surface area contributed by atoms with Crippen LogP contribution in [0, 0.1) is 0 Å². The van der Waals surface area contributed by atoms with Crippen LogP contribution in [-0.2, 0) is 6.54 Å². The van der Waals surface area contributed by atoms with E-state index in [-0.39, 0.29) is 11.8 Å². The molecule has 2 aromatic heterocycles. The Hall–Kier alpha value is -4.46. The molecule has 2 aromatic carbocycles. The molecule has 8 nitrogen and oxygen atoms in total. The van der Waals surface area contributed by atoms with Gasteiger partial charge in [0.2, 0.25) is 0 Å². The summed E-state index contributed by atoms with van der Waals surface area (Å²) in [5.41, 5.74) is 3.40. The van der Waals surface area contributed by atoms with Gasteiger partial charge < -0.3 is 15.0 Å². The Morgan fingerprint density at radius 1 is 0.939 bits per heavy atom. The first-order valence-electron chi connectivity index (χ1n) is 10.5. The highest BCUT2D eigenvalue weighted by atomic mass is 16.5. The molecule has 0 fully saturated rings. The molecule has 33 heavy (non-hydrogen) atoms.